The first-order valence-corrected chi connectivity index (χ1v) is 8.50. The Kier molecular flexibility index (Phi) is 5.81. The number of halogens is 1. The molecule has 0 saturated heterocycles. The van der Waals surface area contributed by atoms with Gasteiger partial charge in [-0.05, 0) is 53.2 Å². The molecule has 0 radical (unpaired) electrons. The number of nitrogens with zero attached hydrogens (tertiary/aromatic N) is 1. The molecule has 114 valence electrons. The average Bonchev–Trinajstić information content (AvgIpc) is 2.85. The third-order valence-corrected chi connectivity index (χ3v) is 5.27. The Morgan fingerprint density at radius 1 is 1.38 bits per heavy atom. The van der Waals surface area contributed by atoms with Crippen molar-refractivity contribution in [2.24, 2.45) is 5.73 Å². The van der Waals surface area contributed by atoms with Gasteiger partial charge >= 0.3 is 0 Å². The summed E-state index contributed by atoms with van der Waals surface area (Å²) < 4.78 is 6.46. The summed E-state index contributed by atoms with van der Waals surface area (Å²) >= 11 is 5.26. The van der Waals surface area contributed by atoms with Crippen LogP contribution >= 0.6 is 27.3 Å². The molecule has 0 fully saturated rings. The molecule has 0 saturated carbocycles. The summed E-state index contributed by atoms with van der Waals surface area (Å²) in [5, 5.41) is 2.11. The summed E-state index contributed by atoms with van der Waals surface area (Å²) in [7, 11) is 3.81. The molecular formula is C16H21BrN2OS. The molecule has 0 aliphatic carbocycles. The summed E-state index contributed by atoms with van der Waals surface area (Å²) in [5.74, 6) is 0.916. The summed E-state index contributed by atoms with van der Waals surface area (Å²) in [4.78, 5) is 3.62. The highest BCUT2D eigenvalue weighted by atomic mass is 79.9. The fraction of sp³-hybridized carbons (Fsp3) is 0.375. The SMILES string of the molecule is COc1ccc(C(CN)N(C)Cc2cc(Br)cs2)cc1C. The van der Waals surface area contributed by atoms with Crippen molar-refractivity contribution in [1.29, 1.82) is 0 Å². The van der Waals surface area contributed by atoms with E-state index in [0.29, 0.717) is 6.54 Å². The lowest BCUT2D eigenvalue weighted by Gasteiger charge is -2.27. The number of thiophene rings is 1. The molecule has 0 amide bonds. The molecule has 1 aromatic carbocycles. The van der Waals surface area contributed by atoms with Gasteiger partial charge in [0.25, 0.3) is 0 Å². The number of benzene rings is 1. The van der Waals surface area contributed by atoms with Crippen LogP contribution < -0.4 is 10.5 Å². The maximum Gasteiger partial charge on any atom is 0.121 e. The molecule has 1 heterocycles. The number of likely N-dealkylation sites (N-methyl/N-ethyl adjacent to an activating group) is 1. The maximum absolute atomic E-state index is 6.01. The van der Waals surface area contributed by atoms with Crippen LogP contribution in [0.25, 0.3) is 0 Å². The summed E-state index contributed by atoms with van der Waals surface area (Å²) in [6.45, 7) is 3.55. The molecule has 5 heteroatoms. The Morgan fingerprint density at radius 3 is 2.67 bits per heavy atom. The van der Waals surface area contributed by atoms with Crippen LogP contribution in [0.15, 0.2) is 34.1 Å². The van der Waals surface area contributed by atoms with Crippen LogP contribution in [0.4, 0.5) is 0 Å². The van der Waals surface area contributed by atoms with Gasteiger partial charge in [0.15, 0.2) is 0 Å². The molecular weight excluding hydrogens is 348 g/mol. The van der Waals surface area contributed by atoms with E-state index < -0.39 is 0 Å². The van der Waals surface area contributed by atoms with E-state index >= 15 is 0 Å². The van der Waals surface area contributed by atoms with E-state index in [-0.39, 0.29) is 6.04 Å². The Balaban J connectivity index is 2.16. The van der Waals surface area contributed by atoms with E-state index in [0.717, 1.165) is 22.3 Å². The maximum atomic E-state index is 6.01. The number of aryl methyl sites for hydroxylation is 1. The minimum absolute atomic E-state index is 0.204. The molecule has 1 unspecified atom stereocenters. The highest BCUT2D eigenvalue weighted by Crippen LogP contribution is 2.27. The monoisotopic (exact) mass is 368 g/mol. The average molecular weight is 369 g/mol. The van der Waals surface area contributed by atoms with Crippen LogP contribution in [-0.4, -0.2) is 25.6 Å². The zero-order valence-corrected chi connectivity index (χ0v) is 15.0. The lowest BCUT2D eigenvalue weighted by atomic mass is 10.0. The number of rotatable bonds is 6. The van der Waals surface area contributed by atoms with E-state index in [1.54, 1.807) is 18.4 Å². The molecule has 2 aromatic rings. The zero-order valence-electron chi connectivity index (χ0n) is 12.6. The van der Waals surface area contributed by atoms with Gasteiger partial charge in [0.2, 0.25) is 0 Å². The third kappa shape index (κ3) is 4.07. The van der Waals surface area contributed by atoms with Gasteiger partial charge < -0.3 is 10.5 Å². The molecule has 0 spiro atoms. The van der Waals surface area contributed by atoms with Crippen molar-refractivity contribution in [3.8, 4) is 5.75 Å². The molecule has 0 bridgehead atoms. The minimum Gasteiger partial charge on any atom is -0.496 e. The molecule has 3 nitrogen and oxygen atoms in total. The second-order valence-electron chi connectivity index (χ2n) is 5.13. The fourth-order valence-electron chi connectivity index (χ4n) is 2.47. The fourth-order valence-corrected chi connectivity index (χ4v) is 3.99. The number of hydrogen-bond donors (Lipinski definition) is 1. The Morgan fingerprint density at radius 2 is 2.14 bits per heavy atom. The minimum atomic E-state index is 0.204. The van der Waals surface area contributed by atoms with Crippen LogP contribution in [-0.2, 0) is 6.54 Å². The van der Waals surface area contributed by atoms with Crippen molar-refractivity contribution in [2.45, 2.75) is 19.5 Å². The Labute approximate surface area is 138 Å². The van der Waals surface area contributed by atoms with Crippen LogP contribution in [0.5, 0.6) is 5.75 Å². The van der Waals surface area contributed by atoms with Crippen LogP contribution in [0.3, 0.4) is 0 Å². The van der Waals surface area contributed by atoms with Gasteiger partial charge in [-0.2, -0.15) is 0 Å². The van der Waals surface area contributed by atoms with E-state index in [1.165, 1.54) is 10.4 Å². The van der Waals surface area contributed by atoms with E-state index in [9.17, 15) is 0 Å². The summed E-state index contributed by atoms with van der Waals surface area (Å²) in [6.07, 6.45) is 0. The number of methoxy groups -OCH3 is 1. The van der Waals surface area contributed by atoms with E-state index in [1.807, 2.05) is 6.07 Å². The van der Waals surface area contributed by atoms with E-state index in [4.69, 9.17) is 10.5 Å². The predicted octanol–water partition coefficient (Wildman–Crippen LogP) is 3.96. The standard InChI is InChI=1S/C16H21BrN2OS/c1-11-6-12(4-5-16(11)20-3)15(8-18)19(2)9-14-7-13(17)10-21-14/h4-7,10,15H,8-9,18H2,1-3H3. The number of nitrogens with two attached hydrogens (primary N) is 1. The first-order chi connectivity index (χ1) is 10.0. The molecule has 0 aliphatic heterocycles. The molecule has 1 aromatic heterocycles. The van der Waals surface area contributed by atoms with Crippen molar-refractivity contribution < 1.29 is 4.74 Å². The molecule has 1 atom stereocenters. The Bertz CT molecular complexity index is 600. The van der Waals surface area contributed by atoms with Gasteiger partial charge in [-0.3, -0.25) is 4.90 Å². The van der Waals surface area contributed by atoms with Crippen LogP contribution in [0.1, 0.15) is 22.0 Å². The van der Waals surface area contributed by atoms with Gasteiger partial charge in [0.05, 0.1) is 7.11 Å². The Hall–Kier alpha value is -0.880. The second-order valence-corrected chi connectivity index (χ2v) is 7.04. The zero-order chi connectivity index (χ0) is 15.4. The van der Waals surface area contributed by atoms with Crippen molar-refractivity contribution in [3.63, 3.8) is 0 Å². The largest absolute Gasteiger partial charge is 0.496 e. The van der Waals surface area contributed by atoms with Crippen molar-refractivity contribution >= 4 is 27.3 Å². The van der Waals surface area contributed by atoms with Crippen molar-refractivity contribution in [3.05, 3.63) is 50.1 Å². The second kappa shape index (κ2) is 7.40. The smallest absolute Gasteiger partial charge is 0.121 e. The van der Waals surface area contributed by atoms with Gasteiger partial charge in [-0.25, -0.2) is 0 Å². The van der Waals surface area contributed by atoms with Crippen molar-refractivity contribution in [2.75, 3.05) is 20.7 Å². The number of ether oxygens (including phenoxy) is 1. The van der Waals surface area contributed by atoms with Gasteiger partial charge in [-0.15, -0.1) is 11.3 Å². The highest BCUT2D eigenvalue weighted by molar-refractivity contribution is 9.10. The lowest BCUT2D eigenvalue weighted by Crippen LogP contribution is -2.30. The number of hydrogen-bond acceptors (Lipinski definition) is 4. The van der Waals surface area contributed by atoms with Gasteiger partial charge in [0, 0.05) is 33.9 Å². The molecule has 2 N–H and O–H groups in total. The normalized spacial score (nSPS) is 12.7. The first kappa shape index (κ1) is 16.5. The summed E-state index contributed by atoms with van der Waals surface area (Å²) in [6, 6.07) is 8.65. The first-order valence-electron chi connectivity index (χ1n) is 6.83. The van der Waals surface area contributed by atoms with Crippen molar-refractivity contribution in [1.82, 2.24) is 4.90 Å². The quantitative estimate of drug-likeness (QED) is 0.838. The van der Waals surface area contributed by atoms with E-state index in [2.05, 4.69) is 58.4 Å². The third-order valence-electron chi connectivity index (χ3n) is 3.59. The lowest BCUT2D eigenvalue weighted by molar-refractivity contribution is 0.243. The van der Waals surface area contributed by atoms with Crippen LogP contribution in [0.2, 0.25) is 0 Å². The van der Waals surface area contributed by atoms with Gasteiger partial charge in [0.1, 0.15) is 5.75 Å². The molecule has 21 heavy (non-hydrogen) atoms. The van der Waals surface area contributed by atoms with Gasteiger partial charge in [-0.1, -0.05) is 12.1 Å². The van der Waals surface area contributed by atoms with Crippen LogP contribution in [0, 0.1) is 6.92 Å². The highest BCUT2D eigenvalue weighted by Gasteiger charge is 2.17. The molecule has 0 aliphatic rings. The topological polar surface area (TPSA) is 38.5 Å². The predicted molar refractivity (Wildman–Crippen MR) is 93.0 cm³/mol. The summed E-state index contributed by atoms with van der Waals surface area (Å²) in [5.41, 5.74) is 8.38. The molecule has 2 rings (SSSR count).